The van der Waals surface area contributed by atoms with Gasteiger partial charge in [-0.3, -0.25) is 0 Å². The molecule has 0 radical (unpaired) electrons. The molecule has 1 nitrogen and oxygen atoms in total. The Labute approximate surface area is 90.3 Å². The molecule has 2 N–H and O–H groups in total. The van der Waals surface area contributed by atoms with E-state index in [0.717, 1.165) is 12.1 Å². The Morgan fingerprint density at radius 3 is 2.38 bits per heavy atom. The molecule has 16 heavy (non-hydrogen) atoms. The molecule has 0 heterocycles. The maximum absolute atomic E-state index is 12.7. The second-order valence-corrected chi connectivity index (χ2v) is 4.24. The summed E-state index contributed by atoms with van der Waals surface area (Å²) in [6, 6.07) is 4.81. The third kappa shape index (κ3) is 1.91. The fraction of sp³-hybridized carbons (Fsp3) is 0.455. The van der Waals surface area contributed by atoms with Gasteiger partial charge in [-0.15, -0.1) is 0 Å². The highest BCUT2D eigenvalue weighted by molar-refractivity contribution is 5.33. The Morgan fingerprint density at radius 1 is 1.25 bits per heavy atom. The summed E-state index contributed by atoms with van der Waals surface area (Å²) in [4.78, 5) is 0. The van der Waals surface area contributed by atoms with Crippen molar-refractivity contribution in [3.63, 3.8) is 0 Å². The minimum atomic E-state index is -4.38. The van der Waals surface area contributed by atoms with Crippen molar-refractivity contribution in [3.8, 4) is 0 Å². The van der Waals surface area contributed by atoms with Gasteiger partial charge < -0.3 is 5.73 Å². The van der Waals surface area contributed by atoms with Crippen molar-refractivity contribution in [2.75, 3.05) is 0 Å². The summed E-state index contributed by atoms with van der Waals surface area (Å²) in [6.45, 7) is 0. The molecule has 0 amide bonds. The second kappa shape index (κ2) is 3.45. The number of rotatable bonds is 1. The summed E-state index contributed by atoms with van der Waals surface area (Å²) in [5, 5.41) is 0. The van der Waals surface area contributed by atoms with E-state index in [0.29, 0.717) is 5.56 Å². The average Bonchev–Trinajstić information content (AvgIpc) is 2.14. The van der Waals surface area contributed by atoms with Crippen LogP contribution in [-0.4, -0.2) is 6.17 Å². The number of halogens is 4. The monoisotopic (exact) mass is 233 g/mol. The van der Waals surface area contributed by atoms with Crippen molar-refractivity contribution in [1.82, 2.24) is 0 Å². The molecule has 1 aromatic carbocycles. The van der Waals surface area contributed by atoms with E-state index < -0.39 is 23.5 Å². The highest BCUT2D eigenvalue weighted by atomic mass is 19.4. The number of benzene rings is 1. The molecule has 0 bridgehead atoms. The van der Waals surface area contributed by atoms with Crippen LogP contribution in [0.1, 0.15) is 24.0 Å². The lowest BCUT2D eigenvalue weighted by atomic mass is 9.71. The van der Waals surface area contributed by atoms with Crippen molar-refractivity contribution in [2.45, 2.75) is 30.7 Å². The zero-order valence-electron chi connectivity index (χ0n) is 8.39. The molecule has 1 aliphatic rings. The van der Waals surface area contributed by atoms with E-state index in [1.54, 1.807) is 0 Å². The lowest BCUT2D eigenvalue weighted by Gasteiger charge is -2.41. The van der Waals surface area contributed by atoms with Crippen LogP contribution in [0.5, 0.6) is 0 Å². The topological polar surface area (TPSA) is 26.0 Å². The van der Waals surface area contributed by atoms with Crippen molar-refractivity contribution in [2.24, 2.45) is 5.73 Å². The van der Waals surface area contributed by atoms with Gasteiger partial charge in [-0.2, -0.15) is 13.2 Å². The largest absolute Gasteiger partial charge is 0.416 e. The molecule has 0 unspecified atom stereocenters. The zero-order chi connectivity index (χ0) is 12.0. The van der Waals surface area contributed by atoms with Gasteiger partial charge in [-0.1, -0.05) is 12.1 Å². The molecule has 0 atom stereocenters. The Morgan fingerprint density at radius 2 is 1.88 bits per heavy atom. The van der Waals surface area contributed by atoms with Gasteiger partial charge >= 0.3 is 6.18 Å². The molecular formula is C11H11F4N. The Hall–Kier alpha value is -1.10. The first-order valence-electron chi connectivity index (χ1n) is 4.92. The van der Waals surface area contributed by atoms with Crippen LogP contribution in [-0.2, 0) is 11.7 Å². The van der Waals surface area contributed by atoms with Gasteiger partial charge in [-0.05, 0) is 17.7 Å². The zero-order valence-corrected chi connectivity index (χ0v) is 8.39. The Kier molecular flexibility index (Phi) is 2.45. The number of alkyl halides is 4. The summed E-state index contributed by atoms with van der Waals surface area (Å²) in [5.74, 6) is 0. The van der Waals surface area contributed by atoms with Gasteiger partial charge in [-0.25, -0.2) is 4.39 Å². The summed E-state index contributed by atoms with van der Waals surface area (Å²) in [5.41, 5.74) is 4.51. The van der Waals surface area contributed by atoms with Gasteiger partial charge in [0.25, 0.3) is 0 Å². The molecule has 1 aromatic rings. The van der Waals surface area contributed by atoms with Gasteiger partial charge in [0, 0.05) is 18.4 Å². The molecule has 5 heteroatoms. The molecule has 0 saturated heterocycles. The quantitative estimate of drug-likeness (QED) is 0.741. The lowest BCUT2D eigenvalue weighted by molar-refractivity contribution is -0.137. The summed E-state index contributed by atoms with van der Waals surface area (Å²) < 4.78 is 50.0. The van der Waals surface area contributed by atoms with Gasteiger partial charge in [0.1, 0.15) is 6.17 Å². The van der Waals surface area contributed by atoms with Crippen molar-refractivity contribution >= 4 is 0 Å². The van der Waals surface area contributed by atoms with Crippen molar-refractivity contribution < 1.29 is 17.6 Å². The molecule has 0 aliphatic heterocycles. The average molecular weight is 233 g/mol. The van der Waals surface area contributed by atoms with Gasteiger partial charge in [0.05, 0.1) is 5.56 Å². The van der Waals surface area contributed by atoms with E-state index in [4.69, 9.17) is 5.73 Å². The fourth-order valence-corrected chi connectivity index (χ4v) is 1.97. The summed E-state index contributed by atoms with van der Waals surface area (Å²) >= 11 is 0. The number of hydrogen-bond acceptors (Lipinski definition) is 1. The van der Waals surface area contributed by atoms with Crippen LogP contribution in [0.3, 0.4) is 0 Å². The SMILES string of the molecule is NC1(c2cccc(C(F)(F)F)c2)CC(F)C1. The second-order valence-electron chi connectivity index (χ2n) is 4.24. The van der Waals surface area contributed by atoms with E-state index in [2.05, 4.69) is 0 Å². The van der Waals surface area contributed by atoms with E-state index in [-0.39, 0.29) is 12.8 Å². The Bertz CT molecular complexity index is 393. The highest BCUT2D eigenvalue weighted by Gasteiger charge is 2.43. The van der Waals surface area contributed by atoms with Crippen LogP contribution in [0.4, 0.5) is 17.6 Å². The van der Waals surface area contributed by atoms with Crippen LogP contribution < -0.4 is 5.73 Å². The summed E-state index contributed by atoms with van der Waals surface area (Å²) in [7, 11) is 0. The molecular weight excluding hydrogens is 222 g/mol. The Balaban J connectivity index is 2.30. The molecule has 1 fully saturated rings. The van der Waals surface area contributed by atoms with E-state index in [9.17, 15) is 17.6 Å². The molecule has 88 valence electrons. The minimum absolute atomic E-state index is 0.0916. The predicted octanol–water partition coefficient (Wildman–Crippen LogP) is 2.99. The van der Waals surface area contributed by atoms with Crippen molar-refractivity contribution in [3.05, 3.63) is 35.4 Å². The molecule has 1 saturated carbocycles. The third-order valence-electron chi connectivity index (χ3n) is 2.94. The third-order valence-corrected chi connectivity index (χ3v) is 2.94. The van der Waals surface area contributed by atoms with Crippen LogP contribution in [0, 0.1) is 0 Å². The van der Waals surface area contributed by atoms with E-state index >= 15 is 0 Å². The normalized spacial score (nSPS) is 29.9. The predicted molar refractivity (Wildman–Crippen MR) is 51.4 cm³/mol. The van der Waals surface area contributed by atoms with Crippen LogP contribution in [0.2, 0.25) is 0 Å². The molecule has 2 rings (SSSR count). The molecule has 0 aromatic heterocycles. The first-order chi connectivity index (χ1) is 7.31. The maximum Gasteiger partial charge on any atom is 0.416 e. The van der Waals surface area contributed by atoms with Gasteiger partial charge in [0.2, 0.25) is 0 Å². The van der Waals surface area contributed by atoms with E-state index in [1.807, 2.05) is 0 Å². The van der Waals surface area contributed by atoms with Gasteiger partial charge in [0.15, 0.2) is 0 Å². The molecule has 0 spiro atoms. The minimum Gasteiger partial charge on any atom is -0.321 e. The highest BCUT2D eigenvalue weighted by Crippen LogP contribution is 2.42. The van der Waals surface area contributed by atoms with Crippen LogP contribution in [0.15, 0.2) is 24.3 Å². The number of hydrogen-bond donors (Lipinski definition) is 1. The maximum atomic E-state index is 12.7. The first kappa shape index (κ1) is 11.4. The van der Waals surface area contributed by atoms with E-state index in [1.165, 1.54) is 12.1 Å². The lowest BCUT2D eigenvalue weighted by Crippen LogP contribution is -2.50. The van der Waals surface area contributed by atoms with Crippen LogP contribution in [0.25, 0.3) is 0 Å². The number of nitrogens with two attached hydrogens (primary N) is 1. The molecule has 1 aliphatic carbocycles. The van der Waals surface area contributed by atoms with Crippen LogP contribution >= 0.6 is 0 Å². The smallest absolute Gasteiger partial charge is 0.321 e. The van der Waals surface area contributed by atoms with Crippen molar-refractivity contribution in [1.29, 1.82) is 0 Å². The first-order valence-corrected chi connectivity index (χ1v) is 4.92. The summed E-state index contributed by atoms with van der Waals surface area (Å²) in [6.07, 6.45) is -5.20. The standard InChI is InChI=1S/C11H11F4N/c12-9-5-10(16,6-9)7-2-1-3-8(4-7)11(13,14)15/h1-4,9H,5-6,16H2. The fourth-order valence-electron chi connectivity index (χ4n) is 1.97.